The third-order valence-corrected chi connectivity index (χ3v) is 3.29. The molecule has 3 aromatic rings. The molecular weight excluding hydrogens is 282 g/mol. The van der Waals surface area contributed by atoms with Gasteiger partial charge in [-0.05, 0) is 6.07 Å². The summed E-state index contributed by atoms with van der Waals surface area (Å²) in [4.78, 5) is 18.4. The van der Waals surface area contributed by atoms with Gasteiger partial charge in [0.15, 0.2) is 5.15 Å². The second-order valence-corrected chi connectivity index (χ2v) is 4.42. The van der Waals surface area contributed by atoms with Crippen LogP contribution in [0, 0.1) is 21.4 Å². The number of hydrogen-bond donors (Lipinski definition) is 0. The average molecular weight is 288 g/mol. The van der Waals surface area contributed by atoms with Crippen molar-refractivity contribution in [2.75, 3.05) is 0 Å². The standard InChI is InChI=1S/C12H6ClN5O2/c13-12-11-10(15-6-16-12)8-5-7(18(19)20)1-2-9(8)17(11)4-3-14/h1-2,5-6H,4H2. The predicted octanol–water partition coefficient (Wildman–Crippen LogP) is 2.67. The second-order valence-electron chi connectivity index (χ2n) is 4.06. The first-order chi connectivity index (χ1) is 9.63. The van der Waals surface area contributed by atoms with E-state index < -0.39 is 4.92 Å². The molecule has 0 bridgehead atoms. The van der Waals surface area contributed by atoms with Gasteiger partial charge < -0.3 is 4.57 Å². The van der Waals surface area contributed by atoms with Crippen molar-refractivity contribution in [2.24, 2.45) is 0 Å². The molecule has 2 heterocycles. The Morgan fingerprint density at radius 3 is 2.95 bits per heavy atom. The third-order valence-electron chi connectivity index (χ3n) is 3.01. The van der Waals surface area contributed by atoms with E-state index in [1.807, 2.05) is 6.07 Å². The number of nitriles is 1. The highest BCUT2D eigenvalue weighted by Crippen LogP contribution is 2.32. The van der Waals surface area contributed by atoms with Crippen LogP contribution in [-0.4, -0.2) is 19.5 Å². The predicted molar refractivity (Wildman–Crippen MR) is 72.3 cm³/mol. The van der Waals surface area contributed by atoms with E-state index in [-0.39, 0.29) is 17.4 Å². The van der Waals surface area contributed by atoms with Crippen LogP contribution in [0.3, 0.4) is 0 Å². The number of hydrogen-bond acceptors (Lipinski definition) is 5. The van der Waals surface area contributed by atoms with Gasteiger partial charge in [-0.1, -0.05) is 11.6 Å². The summed E-state index contributed by atoms with van der Waals surface area (Å²) in [5.41, 5.74) is 1.63. The molecule has 0 saturated carbocycles. The van der Waals surface area contributed by atoms with E-state index in [1.54, 1.807) is 10.6 Å². The van der Waals surface area contributed by atoms with E-state index in [0.717, 1.165) is 0 Å². The number of rotatable bonds is 2. The summed E-state index contributed by atoms with van der Waals surface area (Å²) >= 11 is 6.06. The molecule has 0 aliphatic carbocycles. The third kappa shape index (κ3) is 1.66. The topological polar surface area (TPSA) is 97.6 Å². The van der Waals surface area contributed by atoms with Crippen LogP contribution < -0.4 is 0 Å². The van der Waals surface area contributed by atoms with Crippen molar-refractivity contribution in [3.8, 4) is 6.07 Å². The number of nitrogens with zero attached hydrogens (tertiary/aromatic N) is 5. The molecule has 1 aromatic carbocycles. The van der Waals surface area contributed by atoms with Crippen LogP contribution in [0.4, 0.5) is 5.69 Å². The highest BCUT2D eigenvalue weighted by Gasteiger charge is 2.17. The minimum absolute atomic E-state index is 0.0387. The molecule has 7 nitrogen and oxygen atoms in total. The van der Waals surface area contributed by atoms with Gasteiger partial charge in [0.05, 0.1) is 16.5 Å². The summed E-state index contributed by atoms with van der Waals surface area (Å²) < 4.78 is 1.65. The molecule has 0 radical (unpaired) electrons. The Labute approximate surface area is 117 Å². The lowest BCUT2D eigenvalue weighted by Gasteiger charge is -2.01. The fourth-order valence-corrected chi connectivity index (χ4v) is 2.45. The molecule has 0 aliphatic rings. The van der Waals surface area contributed by atoms with Gasteiger partial charge in [0, 0.05) is 17.5 Å². The number of halogens is 1. The van der Waals surface area contributed by atoms with Crippen molar-refractivity contribution in [3.05, 3.63) is 39.8 Å². The maximum Gasteiger partial charge on any atom is 0.270 e. The largest absolute Gasteiger partial charge is 0.323 e. The lowest BCUT2D eigenvalue weighted by molar-refractivity contribution is -0.384. The molecule has 0 saturated heterocycles. The smallest absolute Gasteiger partial charge is 0.270 e. The first kappa shape index (κ1) is 12.3. The van der Waals surface area contributed by atoms with Crippen LogP contribution in [0.25, 0.3) is 21.9 Å². The Hall–Kier alpha value is -2.72. The summed E-state index contributed by atoms with van der Waals surface area (Å²) in [5, 5.41) is 20.6. The van der Waals surface area contributed by atoms with Gasteiger partial charge in [-0.2, -0.15) is 5.26 Å². The Bertz CT molecular complexity index is 896. The van der Waals surface area contributed by atoms with Gasteiger partial charge in [0.2, 0.25) is 0 Å². The van der Waals surface area contributed by atoms with Gasteiger partial charge in [0.1, 0.15) is 23.9 Å². The Morgan fingerprint density at radius 2 is 2.25 bits per heavy atom. The molecule has 3 rings (SSSR count). The number of aromatic nitrogens is 3. The van der Waals surface area contributed by atoms with E-state index in [9.17, 15) is 10.1 Å². The summed E-state index contributed by atoms with van der Waals surface area (Å²) in [7, 11) is 0. The molecule has 0 aliphatic heterocycles. The fraction of sp³-hybridized carbons (Fsp3) is 0.0833. The lowest BCUT2D eigenvalue weighted by atomic mass is 10.2. The zero-order valence-corrected chi connectivity index (χ0v) is 10.7. The summed E-state index contributed by atoms with van der Waals surface area (Å²) in [6.07, 6.45) is 1.29. The van der Waals surface area contributed by atoms with E-state index >= 15 is 0 Å². The molecule has 0 atom stereocenters. The minimum Gasteiger partial charge on any atom is -0.323 e. The van der Waals surface area contributed by atoms with E-state index in [2.05, 4.69) is 9.97 Å². The van der Waals surface area contributed by atoms with Crippen molar-refractivity contribution < 1.29 is 4.92 Å². The highest BCUT2D eigenvalue weighted by molar-refractivity contribution is 6.34. The van der Waals surface area contributed by atoms with Crippen molar-refractivity contribution in [2.45, 2.75) is 6.54 Å². The normalized spacial score (nSPS) is 10.8. The molecule has 0 spiro atoms. The molecule has 0 fully saturated rings. The van der Waals surface area contributed by atoms with Gasteiger partial charge in [-0.25, -0.2) is 9.97 Å². The van der Waals surface area contributed by atoms with E-state index in [1.165, 1.54) is 18.5 Å². The zero-order valence-electron chi connectivity index (χ0n) is 9.95. The van der Waals surface area contributed by atoms with E-state index in [4.69, 9.17) is 16.9 Å². The molecule has 8 heteroatoms. The van der Waals surface area contributed by atoms with Crippen LogP contribution in [-0.2, 0) is 6.54 Å². The van der Waals surface area contributed by atoms with Crippen LogP contribution >= 0.6 is 11.6 Å². The van der Waals surface area contributed by atoms with Crippen LogP contribution in [0.1, 0.15) is 0 Å². The maximum atomic E-state index is 10.9. The van der Waals surface area contributed by atoms with Crippen LogP contribution in [0.2, 0.25) is 5.15 Å². The Balaban J connectivity index is 2.50. The van der Waals surface area contributed by atoms with Gasteiger partial charge >= 0.3 is 0 Å². The lowest BCUT2D eigenvalue weighted by Crippen LogP contribution is -1.96. The van der Waals surface area contributed by atoms with Crippen molar-refractivity contribution >= 4 is 39.2 Å². The zero-order chi connectivity index (χ0) is 14.3. The monoisotopic (exact) mass is 287 g/mol. The van der Waals surface area contributed by atoms with Gasteiger partial charge in [-0.15, -0.1) is 0 Å². The molecule has 0 amide bonds. The quantitative estimate of drug-likeness (QED) is 0.410. The second kappa shape index (κ2) is 4.43. The molecule has 0 N–H and O–H groups in total. The Morgan fingerprint density at radius 1 is 1.45 bits per heavy atom. The SMILES string of the molecule is N#CCn1c2ccc([N+](=O)[O-])cc2c2ncnc(Cl)c21. The van der Waals surface area contributed by atoms with Gasteiger partial charge in [-0.3, -0.25) is 10.1 Å². The minimum atomic E-state index is -0.476. The summed E-state index contributed by atoms with van der Waals surface area (Å²) in [6, 6.07) is 6.43. The number of benzene rings is 1. The molecule has 0 unspecified atom stereocenters. The molecule has 98 valence electrons. The Kier molecular flexibility index (Phi) is 2.73. The highest BCUT2D eigenvalue weighted by atomic mass is 35.5. The number of nitro groups is 1. The number of non-ortho nitro benzene ring substituents is 1. The number of nitro benzene ring substituents is 1. The van der Waals surface area contributed by atoms with Crippen LogP contribution in [0.15, 0.2) is 24.5 Å². The number of fused-ring (bicyclic) bond motifs is 3. The van der Waals surface area contributed by atoms with E-state index in [0.29, 0.717) is 21.9 Å². The summed E-state index contributed by atoms with van der Waals surface area (Å²) in [6.45, 7) is 0.0604. The van der Waals surface area contributed by atoms with Crippen molar-refractivity contribution in [3.63, 3.8) is 0 Å². The maximum absolute atomic E-state index is 10.9. The van der Waals surface area contributed by atoms with Gasteiger partial charge in [0.25, 0.3) is 5.69 Å². The van der Waals surface area contributed by atoms with Crippen molar-refractivity contribution in [1.29, 1.82) is 5.26 Å². The summed E-state index contributed by atoms with van der Waals surface area (Å²) in [5.74, 6) is 0. The van der Waals surface area contributed by atoms with Crippen molar-refractivity contribution in [1.82, 2.24) is 14.5 Å². The first-order valence-electron chi connectivity index (χ1n) is 5.57. The molecular formula is C12H6ClN5O2. The first-order valence-corrected chi connectivity index (χ1v) is 5.95. The van der Waals surface area contributed by atoms with Crippen LogP contribution in [0.5, 0.6) is 0 Å². The fourth-order valence-electron chi connectivity index (χ4n) is 2.21. The molecule has 20 heavy (non-hydrogen) atoms. The average Bonchev–Trinajstić information content (AvgIpc) is 2.75. The molecule has 2 aromatic heterocycles.